The number of allylic oxidation sites excluding steroid dienone is 3. The minimum absolute atomic E-state index is 0.389. The smallest absolute Gasteiger partial charge is 0.402 e. The van der Waals surface area contributed by atoms with Crippen LogP contribution >= 0.6 is 0 Å². The summed E-state index contributed by atoms with van der Waals surface area (Å²) in [5.74, 6) is -0.845. The molecule has 5 nitrogen and oxygen atoms in total. The summed E-state index contributed by atoms with van der Waals surface area (Å²) < 4.78 is 0. The summed E-state index contributed by atoms with van der Waals surface area (Å²) in [6, 6.07) is 0. The minimum Gasteiger partial charge on any atom is -0.478 e. The predicted molar refractivity (Wildman–Crippen MR) is 59.7 cm³/mol. The molecule has 0 heterocycles. The average Bonchev–Trinajstić information content (AvgIpc) is 2.16. The normalized spacial score (nSPS) is 8.27. The van der Waals surface area contributed by atoms with E-state index in [1.807, 2.05) is 0 Å². The first kappa shape index (κ1) is 18.7. The molecule has 0 aliphatic heterocycles. The second-order valence-corrected chi connectivity index (χ2v) is 2.09. The molecule has 0 aromatic rings. The zero-order valence-corrected chi connectivity index (χ0v) is 8.93. The topological polar surface area (TPSA) is 101 Å². The fraction of sp³-hybridized carbons (Fsp3) is 0.200. The highest BCUT2D eigenvalue weighted by molar-refractivity contribution is 5.85. The molecule has 0 rings (SSSR count). The molecular weight excluding hydrogens is 198 g/mol. The first-order chi connectivity index (χ1) is 6.83. The largest absolute Gasteiger partial charge is 0.478 e. The standard InChI is InChI=1S/C5H8O2.C4H6.CH3NO2/c1-3-4(2)5(6)7;1-3-4-2;2-1(3)4/h3H,1-2H3,(H,6,7);3-4H,1-2H2;2H2,(H,3,4). The van der Waals surface area contributed by atoms with Crippen molar-refractivity contribution in [3.05, 3.63) is 37.0 Å². The first-order valence-electron chi connectivity index (χ1n) is 3.91. The third-order valence-corrected chi connectivity index (χ3v) is 0.937. The molecule has 0 aliphatic rings. The second kappa shape index (κ2) is 14.5. The Bertz CT molecular complexity index is 234. The third-order valence-electron chi connectivity index (χ3n) is 0.937. The van der Waals surface area contributed by atoms with E-state index in [9.17, 15) is 4.79 Å². The molecule has 0 saturated carbocycles. The van der Waals surface area contributed by atoms with Gasteiger partial charge in [0.15, 0.2) is 0 Å². The van der Waals surface area contributed by atoms with E-state index < -0.39 is 12.1 Å². The molecule has 0 saturated heterocycles. The summed E-state index contributed by atoms with van der Waals surface area (Å²) in [5.41, 5.74) is 4.42. The van der Waals surface area contributed by atoms with Gasteiger partial charge in [-0.05, 0) is 13.8 Å². The van der Waals surface area contributed by atoms with Gasteiger partial charge in [0.25, 0.3) is 0 Å². The van der Waals surface area contributed by atoms with E-state index in [1.165, 1.54) is 0 Å². The van der Waals surface area contributed by atoms with Crippen molar-refractivity contribution in [1.82, 2.24) is 0 Å². The third kappa shape index (κ3) is 48.2. The van der Waals surface area contributed by atoms with Crippen LogP contribution in [0.4, 0.5) is 4.79 Å². The van der Waals surface area contributed by atoms with Crippen LogP contribution in [-0.4, -0.2) is 22.3 Å². The molecule has 15 heavy (non-hydrogen) atoms. The van der Waals surface area contributed by atoms with Crippen LogP contribution < -0.4 is 5.73 Å². The van der Waals surface area contributed by atoms with E-state index in [1.54, 1.807) is 32.1 Å². The van der Waals surface area contributed by atoms with Crippen molar-refractivity contribution in [2.75, 3.05) is 0 Å². The molecule has 0 atom stereocenters. The van der Waals surface area contributed by atoms with E-state index >= 15 is 0 Å². The Hall–Kier alpha value is -2.04. The van der Waals surface area contributed by atoms with Gasteiger partial charge in [-0.2, -0.15) is 0 Å². The van der Waals surface area contributed by atoms with Gasteiger partial charge < -0.3 is 15.9 Å². The van der Waals surface area contributed by atoms with Crippen LogP contribution in [0.15, 0.2) is 37.0 Å². The quantitative estimate of drug-likeness (QED) is 0.484. The second-order valence-electron chi connectivity index (χ2n) is 2.09. The van der Waals surface area contributed by atoms with Crippen LogP contribution in [0.2, 0.25) is 0 Å². The molecular formula is C10H17NO4. The Morgan fingerprint density at radius 3 is 1.47 bits per heavy atom. The Morgan fingerprint density at radius 2 is 1.47 bits per heavy atom. The summed E-state index contributed by atoms with van der Waals surface area (Å²) >= 11 is 0. The summed E-state index contributed by atoms with van der Waals surface area (Å²) in [6.45, 7) is 9.98. The molecule has 0 aromatic heterocycles. The highest BCUT2D eigenvalue weighted by atomic mass is 16.4. The molecule has 5 heteroatoms. The van der Waals surface area contributed by atoms with Gasteiger partial charge in [-0.3, -0.25) is 0 Å². The lowest BCUT2D eigenvalue weighted by molar-refractivity contribution is -0.132. The number of rotatable bonds is 2. The maximum absolute atomic E-state index is 9.86. The number of nitrogens with two attached hydrogens (primary N) is 1. The Balaban J connectivity index is -0.000000155. The van der Waals surface area contributed by atoms with Gasteiger partial charge in [-0.25, -0.2) is 9.59 Å². The van der Waals surface area contributed by atoms with Gasteiger partial charge in [0.2, 0.25) is 0 Å². The van der Waals surface area contributed by atoms with Crippen molar-refractivity contribution >= 4 is 12.1 Å². The van der Waals surface area contributed by atoms with Crippen molar-refractivity contribution in [2.45, 2.75) is 13.8 Å². The predicted octanol–water partition coefficient (Wildman–Crippen LogP) is 2.02. The van der Waals surface area contributed by atoms with Crippen LogP contribution in [0.1, 0.15) is 13.8 Å². The van der Waals surface area contributed by atoms with Gasteiger partial charge in [-0.15, -0.1) is 0 Å². The lowest BCUT2D eigenvalue weighted by atomic mass is 10.3. The molecule has 0 spiro atoms. The number of amides is 1. The molecule has 0 unspecified atom stereocenters. The minimum atomic E-state index is -1.33. The van der Waals surface area contributed by atoms with Crippen molar-refractivity contribution in [3.63, 3.8) is 0 Å². The molecule has 0 aliphatic carbocycles. The molecule has 0 bridgehead atoms. The van der Waals surface area contributed by atoms with Gasteiger partial charge >= 0.3 is 12.1 Å². The van der Waals surface area contributed by atoms with Crippen LogP contribution in [0.25, 0.3) is 0 Å². The summed E-state index contributed by atoms with van der Waals surface area (Å²) in [7, 11) is 0. The summed E-state index contributed by atoms with van der Waals surface area (Å²) in [4.78, 5) is 18.6. The first-order valence-corrected chi connectivity index (χ1v) is 3.91. The van der Waals surface area contributed by atoms with Crippen molar-refractivity contribution in [3.8, 4) is 0 Å². The van der Waals surface area contributed by atoms with Crippen LogP contribution in [0, 0.1) is 0 Å². The fourth-order valence-electron chi connectivity index (χ4n) is 0.123. The van der Waals surface area contributed by atoms with Gasteiger partial charge in [0, 0.05) is 5.57 Å². The average molecular weight is 215 g/mol. The SMILES string of the molecule is C=CC=C.CC=C(C)C(=O)O.NC(=O)O. The molecule has 0 radical (unpaired) electrons. The van der Waals surface area contributed by atoms with Crippen molar-refractivity contribution in [2.24, 2.45) is 5.73 Å². The number of carbonyl (C=O) groups is 2. The van der Waals surface area contributed by atoms with Crippen LogP contribution in [-0.2, 0) is 4.79 Å². The Labute approximate surface area is 89.2 Å². The fourth-order valence-corrected chi connectivity index (χ4v) is 0.123. The zero-order chi connectivity index (χ0) is 12.9. The highest BCUT2D eigenvalue weighted by Crippen LogP contribution is 1.87. The van der Waals surface area contributed by atoms with Gasteiger partial charge in [-0.1, -0.05) is 31.4 Å². The van der Waals surface area contributed by atoms with Crippen molar-refractivity contribution in [1.29, 1.82) is 0 Å². The number of primary amides is 1. The lowest BCUT2D eigenvalue weighted by Crippen LogP contribution is -2.03. The summed E-state index contributed by atoms with van der Waals surface area (Å²) in [6.07, 6.45) is 3.50. The zero-order valence-electron chi connectivity index (χ0n) is 8.93. The lowest BCUT2D eigenvalue weighted by Gasteiger charge is -1.84. The number of carboxylic acids is 1. The monoisotopic (exact) mass is 215 g/mol. The van der Waals surface area contributed by atoms with E-state index in [2.05, 4.69) is 18.9 Å². The number of aliphatic carboxylic acids is 1. The maximum Gasteiger partial charge on any atom is 0.402 e. The van der Waals surface area contributed by atoms with E-state index in [-0.39, 0.29) is 0 Å². The Morgan fingerprint density at radius 1 is 1.20 bits per heavy atom. The van der Waals surface area contributed by atoms with E-state index in [4.69, 9.17) is 15.0 Å². The van der Waals surface area contributed by atoms with E-state index in [0.29, 0.717) is 5.57 Å². The van der Waals surface area contributed by atoms with Crippen molar-refractivity contribution < 1.29 is 19.8 Å². The number of hydrogen-bond donors (Lipinski definition) is 3. The molecule has 86 valence electrons. The van der Waals surface area contributed by atoms with Crippen LogP contribution in [0.5, 0.6) is 0 Å². The highest BCUT2D eigenvalue weighted by Gasteiger charge is 1.93. The van der Waals surface area contributed by atoms with E-state index in [0.717, 1.165) is 0 Å². The molecule has 4 N–H and O–H groups in total. The maximum atomic E-state index is 9.86. The molecule has 0 fully saturated rings. The van der Waals surface area contributed by atoms with Gasteiger partial charge in [0.05, 0.1) is 0 Å². The Kier molecular flexibility index (Phi) is 18.0. The molecule has 0 aromatic carbocycles. The summed E-state index contributed by atoms with van der Waals surface area (Å²) in [5, 5.41) is 15.3. The number of carboxylic acid groups (broad SMARTS) is 2. The molecule has 1 amide bonds. The number of hydrogen-bond acceptors (Lipinski definition) is 2. The van der Waals surface area contributed by atoms with Gasteiger partial charge in [0.1, 0.15) is 0 Å². The van der Waals surface area contributed by atoms with Crippen LogP contribution in [0.3, 0.4) is 0 Å².